The van der Waals surface area contributed by atoms with Crippen molar-refractivity contribution in [1.82, 2.24) is 0 Å². The van der Waals surface area contributed by atoms with Crippen molar-refractivity contribution in [2.45, 2.75) is 0 Å². The molecule has 0 heterocycles. The Kier molecular flexibility index (Phi) is 4.97. The van der Waals surface area contributed by atoms with E-state index in [9.17, 15) is 9.36 Å². The summed E-state index contributed by atoms with van der Waals surface area (Å²) < 4.78 is 19.3. The average molecular weight is 348 g/mol. The number of hydrogen-bond donors (Lipinski definition) is 0. The molecular weight excluding hydrogens is 331 g/mol. The second kappa shape index (κ2) is 7.33. The van der Waals surface area contributed by atoms with Gasteiger partial charge in [0.05, 0.1) is 5.31 Å². The van der Waals surface area contributed by atoms with E-state index in [1.165, 1.54) is 0 Å². The number of carbonyl (C=O) groups excluding carboxylic acids is 1. The van der Waals surface area contributed by atoms with Crippen LogP contribution in [0, 0.1) is 0 Å². The molecule has 3 nitrogen and oxygen atoms in total. The Morgan fingerprint density at radius 1 is 0.720 bits per heavy atom. The molecule has 124 valence electrons. The Bertz CT molecular complexity index is 876. The van der Waals surface area contributed by atoms with Crippen molar-refractivity contribution in [3.8, 4) is 5.75 Å². The quantitative estimate of drug-likeness (QED) is 0.301. The van der Waals surface area contributed by atoms with Crippen LogP contribution in [-0.4, -0.2) is 5.97 Å². The fraction of sp³-hybridized carbons (Fsp3) is 0. The zero-order chi connectivity index (χ0) is 17.7. The Hall–Kier alpha value is -2.90. The summed E-state index contributed by atoms with van der Waals surface area (Å²) in [5.41, 5.74) is 0. The summed E-state index contributed by atoms with van der Waals surface area (Å²) in [6.45, 7) is 3.84. The van der Waals surface area contributed by atoms with E-state index in [-0.39, 0.29) is 5.31 Å². The lowest BCUT2D eigenvalue weighted by molar-refractivity contribution is -0.129. The van der Waals surface area contributed by atoms with E-state index in [1.807, 2.05) is 18.2 Å². The normalized spacial score (nSPS) is 10.9. The maximum Gasteiger partial charge on any atom is 0.347 e. The lowest BCUT2D eigenvalue weighted by atomic mass is 10.3. The highest BCUT2D eigenvalue weighted by atomic mass is 31.2. The number of carbonyl (C=O) groups is 1. The summed E-state index contributed by atoms with van der Waals surface area (Å²) >= 11 is 0. The van der Waals surface area contributed by atoms with Crippen molar-refractivity contribution in [1.29, 1.82) is 0 Å². The first-order valence-electron chi connectivity index (χ1n) is 7.80. The van der Waals surface area contributed by atoms with Crippen molar-refractivity contribution >= 4 is 23.7 Å². The third kappa shape index (κ3) is 3.47. The van der Waals surface area contributed by atoms with Crippen LogP contribution in [0.4, 0.5) is 0 Å². The van der Waals surface area contributed by atoms with Gasteiger partial charge in [-0.15, -0.1) is 0 Å². The number of ether oxygens (including phenoxy) is 1. The zero-order valence-corrected chi connectivity index (χ0v) is 14.4. The lowest BCUT2D eigenvalue weighted by Crippen LogP contribution is -2.22. The maximum atomic E-state index is 13.9. The van der Waals surface area contributed by atoms with Crippen molar-refractivity contribution in [3.63, 3.8) is 0 Å². The van der Waals surface area contributed by atoms with Gasteiger partial charge < -0.3 is 9.30 Å². The summed E-state index contributed by atoms with van der Waals surface area (Å²) in [5, 5.41) is 1.06. The molecule has 0 aliphatic heterocycles. The molecule has 0 radical (unpaired) electrons. The van der Waals surface area contributed by atoms with Gasteiger partial charge >= 0.3 is 5.97 Å². The van der Waals surface area contributed by atoms with Gasteiger partial charge in [0.1, 0.15) is 5.75 Å². The molecule has 0 aromatic heterocycles. The SMILES string of the molecule is C=C(C(=O)Oc1ccccc1)P(=O)(c1ccccc1)c1ccccc1. The summed E-state index contributed by atoms with van der Waals surface area (Å²) in [7, 11) is -3.38. The van der Waals surface area contributed by atoms with Gasteiger partial charge in [0, 0.05) is 10.6 Å². The second-order valence-electron chi connectivity index (χ2n) is 5.43. The van der Waals surface area contributed by atoms with Crippen LogP contribution in [-0.2, 0) is 9.36 Å². The van der Waals surface area contributed by atoms with Crippen molar-refractivity contribution in [2.75, 3.05) is 0 Å². The highest BCUT2D eigenvalue weighted by Crippen LogP contribution is 2.51. The molecule has 3 aromatic carbocycles. The molecule has 0 aliphatic carbocycles. The van der Waals surface area contributed by atoms with Crippen LogP contribution in [0.2, 0.25) is 0 Å². The Labute approximate surface area is 147 Å². The molecule has 0 bridgehead atoms. The Morgan fingerprint density at radius 2 is 1.12 bits per heavy atom. The van der Waals surface area contributed by atoms with Crippen LogP contribution < -0.4 is 15.3 Å². The molecule has 0 atom stereocenters. The smallest absolute Gasteiger partial charge is 0.347 e. The second-order valence-corrected chi connectivity index (χ2v) is 8.22. The number of esters is 1. The monoisotopic (exact) mass is 348 g/mol. The van der Waals surface area contributed by atoms with Gasteiger partial charge in [0.15, 0.2) is 7.14 Å². The summed E-state index contributed by atoms with van der Waals surface area (Å²) in [4.78, 5) is 12.6. The van der Waals surface area contributed by atoms with Crippen LogP contribution >= 0.6 is 7.14 Å². The minimum absolute atomic E-state index is 0.0475. The van der Waals surface area contributed by atoms with E-state index in [2.05, 4.69) is 6.58 Å². The Balaban J connectivity index is 2.02. The molecule has 4 heteroatoms. The first-order chi connectivity index (χ1) is 12.1. The zero-order valence-electron chi connectivity index (χ0n) is 13.5. The minimum atomic E-state index is -3.38. The van der Waals surface area contributed by atoms with E-state index in [0.717, 1.165) is 0 Å². The molecule has 0 aliphatic rings. The fourth-order valence-corrected chi connectivity index (χ4v) is 4.93. The van der Waals surface area contributed by atoms with Crippen molar-refractivity contribution < 1.29 is 14.1 Å². The topological polar surface area (TPSA) is 43.4 Å². The number of para-hydroxylation sites is 1. The standard InChI is InChI=1S/C21H17O3P/c1-17(21(22)24-18-11-5-2-6-12-18)25(23,19-13-7-3-8-14-19)20-15-9-4-10-16-20/h2-16H,1H2. The average Bonchev–Trinajstić information content (AvgIpc) is 2.69. The molecule has 3 aromatic rings. The van der Waals surface area contributed by atoms with Gasteiger partial charge in [0.25, 0.3) is 0 Å². The van der Waals surface area contributed by atoms with Gasteiger partial charge in [-0.25, -0.2) is 4.79 Å². The van der Waals surface area contributed by atoms with E-state index >= 15 is 0 Å². The van der Waals surface area contributed by atoms with Crippen LogP contribution in [0.25, 0.3) is 0 Å². The molecule has 0 saturated carbocycles. The third-order valence-corrected chi connectivity index (χ3v) is 6.80. The first kappa shape index (κ1) is 16.9. The largest absolute Gasteiger partial charge is 0.423 e. The molecule has 0 amide bonds. The summed E-state index contributed by atoms with van der Waals surface area (Å²) in [6.07, 6.45) is 0. The number of rotatable bonds is 5. The molecule has 3 rings (SSSR count). The first-order valence-corrected chi connectivity index (χ1v) is 9.51. The van der Waals surface area contributed by atoms with E-state index < -0.39 is 13.1 Å². The summed E-state index contributed by atoms with van der Waals surface area (Å²) in [5.74, 6) is -0.302. The molecule has 0 saturated heterocycles. The van der Waals surface area contributed by atoms with Gasteiger partial charge in [0.2, 0.25) is 0 Å². The van der Waals surface area contributed by atoms with Crippen molar-refractivity contribution in [3.05, 3.63) is 103 Å². The van der Waals surface area contributed by atoms with E-state index in [1.54, 1.807) is 72.8 Å². The molecule has 0 spiro atoms. The number of hydrogen-bond acceptors (Lipinski definition) is 3. The van der Waals surface area contributed by atoms with Crippen LogP contribution in [0.3, 0.4) is 0 Å². The predicted octanol–water partition coefficient (Wildman–Crippen LogP) is 4.12. The molecule has 0 unspecified atom stereocenters. The molecular formula is C21H17O3P. The summed E-state index contributed by atoms with van der Waals surface area (Å²) in [6, 6.07) is 26.5. The van der Waals surface area contributed by atoms with Crippen LogP contribution in [0.5, 0.6) is 5.75 Å². The maximum absolute atomic E-state index is 13.9. The molecule has 0 N–H and O–H groups in total. The van der Waals surface area contributed by atoms with Crippen LogP contribution in [0.15, 0.2) is 103 Å². The molecule has 0 fully saturated rings. The van der Waals surface area contributed by atoms with E-state index in [0.29, 0.717) is 16.4 Å². The van der Waals surface area contributed by atoms with Gasteiger partial charge in [-0.2, -0.15) is 0 Å². The van der Waals surface area contributed by atoms with Crippen LogP contribution in [0.1, 0.15) is 0 Å². The minimum Gasteiger partial charge on any atom is -0.423 e. The molecule has 25 heavy (non-hydrogen) atoms. The lowest BCUT2D eigenvalue weighted by Gasteiger charge is -2.20. The fourth-order valence-electron chi connectivity index (χ4n) is 2.52. The number of benzene rings is 3. The van der Waals surface area contributed by atoms with E-state index in [4.69, 9.17) is 4.74 Å². The van der Waals surface area contributed by atoms with Crippen molar-refractivity contribution in [2.24, 2.45) is 0 Å². The van der Waals surface area contributed by atoms with Gasteiger partial charge in [-0.3, -0.25) is 0 Å². The highest BCUT2D eigenvalue weighted by molar-refractivity contribution is 7.83. The third-order valence-electron chi connectivity index (χ3n) is 3.81. The highest BCUT2D eigenvalue weighted by Gasteiger charge is 2.35. The predicted molar refractivity (Wildman–Crippen MR) is 101 cm³/mol. The Morgan fingerprint density at radius 3 is 1.56 bits per heavy atom. The van der Waals surface area contributed by atoms with Gasteiger partial charge in [-0.05, 0) is 12.1 Å². The van der Waals surface area contributed by atoms with Gasteiger partial charge in [-0.1, -0.05) is 85.4 Å².